The van der Waals surface area contributed by atoms with Crippen LogP contribution in [0.5, 0.6) is 0 Å². The Morgan fingerprint density at radius 1 is 1.17 bits per heavy atom. The highest BCUT2D eigenvalue weighted by atomic mass is 79.9. The number of benzene rings is 2. The number of halogens is 3. The van der Waals surface area contributed by atoms with E-state index in [9.17, 15) is 18.0 Å². The van der Waals surface area contributed by atoms with Gasteiger partial charge < -0.3 is 10.2 Å². The molecule has 2 unspecified atom stereocenters. The van der Waals surface area contributed by atoms with Gasteiger partial charge in [0.15, 0.2) is 0 Å². The number of rotatable bonds is 8. The zero-order valence-corrected chi connectivity index (χ0v) is 24.5. The van der Waals surface area contributed by atoms with Crippen molar-refractivity contribution in [2.24, 2.45) is 0 Å². The van der Waals surface area contributed by atoms with Gasteiger partial charge in [-0.1, -0.05) is 52.5 Å². The highest BCUT2D eigenvalue weighted by molar-refractivity contribution is 9.10. The molecule has 1 aliphatic heterocycles. The number of carbonyl (C=O) groups is 2. The van der Waals surface area contributed by atoms with Crippen LogP contribution in [0.2, 0.25) is 10.0 Å². The largest absolute Gasteiger partial charge is 0.340 e. The molecule has 0 radical (unpaired) electrons. The van der Waals surface area contributed by atoms with E-state index in [4.69, 9.17) is 23.2 Å². The van der Waals surface area contributed by atoms with Crippen molar-refractivity contribution >= 4 is 66.7 Å². The highest BCUT2D eigenvalue weighted by Crippen LogP contribution is 2.32. The average Bonchev–Trinajstić information content (AvgIpc) is 2.75. The molecule has 11 heteroatoms. The Kier molecular flexibility index (Phi) is 9.49. The van der Waals surface area contributed by atoms with Crippen LogP contribution in [0.1, 0.15) is 61.0 Å². The van der Waals surface area contributed by atoms with Crippen molar-refractivity contribution in [2.45, 2.75) is 70.4 Å². The molecule has 3 rings (SSSR count). The van der Waals surface area contributed by atoms with Crippen molar-refractivity contribution < 1.29 is 18.0 Å². The first-order valence-corrected chi connectivity index (χ1v) is 14.8. The lowest BCUT2D eigenvalue weighted by atomic mass is 10.00. The van der Waals surface area contributed by atoms with E-state index in [1.807, 2.05) is 32.9 Å². The zero-order chi connectivity index (χ0) is 26.8. The summed E-state index contributed by atoms with van der Waals surface area (Å²) in [6.07, 6.45) is 2.60. The van der Waals surface area contributed by atoms with Crippen LogP contribution >= 0.6 is 39.1 Å². The lowest BCUT2D eigenvalue weighted by Gasteiger charge is -2.34. The molecule has 196 valence electrons. The summed E-state index contributed by atoms with van der Waals surface area (Å²) in [6, 6.07) is 5.21. The Morgan fingerprint density at radius 3 is 2.42 bits per heavy atom. The number of sulfonamides is 1. The van der Waals surface area contributed by atoms with Gasteiger partial charge in [0.1, 0.15) is 10.9 Å². The number of hydrogen-bond donors (Lipinski definition) is 2. The summed E-state index contributed by atoms with van der Waals surface area (Å²) in [5.41, 5.74) is 2.66. The van der Waals surface area contributed by atoms with E-state index in [-0.39, 0.29) is 32.5 Å². The maximum absolute atomic E-state index is 13.4. The quantitative estimate of drug-likeness (QED) is 0.393. The fourth-order valence-corrected chi connectivity index (χ4v) is 7.35. The number of anilines is 1. The van der Waals surface area contributed by atoms with Crippen LogP contribution in [0, 0.1) is 13.8 Å². The Hall–Kier alpha value is -1.65. The molecule has 1 heterocycles. The fraction of sp³-hybridized carbons (Fsp3) is 0.440. The first kappa shape index (κ1) is 28.9. The molecular formula is C25H30BrCl2N3O4S. The molecule has 2 aromatic carbocycles. The van der Waals surface area contributed by atoms with E-state index in [2.05, 4.69) is 26.0 Å². The monoisotopic (exact) mass is 617 g/mol. The van der Waals surface area contributed by atoms with Crippen LogP contribution < -0.4 is 14.9 Å². The number of aryl methyl sites for hydroxylation is 2. The van der Waals surface area contributed by atoms with Gasteiger partial charge in [-0.05, 0) is 75.4 Å². The van der Waals surface area contributed by atoms with Crippen LogP contribution in [0.4, 0.5) is 5.69 Å². The van der Waals surface area contributed by atoms with Gasteiger partial charge in [-0.15, -0.1) is 0 Å². The van der Waals surface area contributed by atoms with E-state index < -0.39 is 22.0 Å². The van der Waals surface area contributed by atoms with Crippen molar-refractivity contribution in [3.63, 3.8) is 0 Å². The standard InChI is InChI=1S/C25H30BrCl2N3O4S/c1-5-7-16(4)30-36(34,35)22-12-18(19(27)13-20(22)28)24(32)29-21-8-6-9-31(25(21)33)23-14(2)10-17(26)11-15(23)3/h10-13,16,21,30H,5-9H2,1-4H3,(H,29,32). The first-order chi connectivity index (χ1) is 16.9. The minimum atomic E-state index is -3.99. The maximum Gasteiger partial charge on any atom is 0.253 e. The number of nitrogens with zero attached hydrogens (tertiary/aromatic N) is 1. The SMILES string of the molecule is CCCC(C)NS(=O)(=O)c1cc(C(=O)NC2CCCN(c3c(C)cc(Br)cc3C)C2=O)c(Cl)cc1Cl. The predicted molar refractivity (Wildman–Crippen MR) is 148 cm³/mol. The minimum absolute atomic E-state index is 0.00207. The molecule has 0 saturated carbocycles. The average molecular weight is 619 g/mol. The van der Waals surface area contributed by atoms with Gasteiger partial charge in [0.2, 0.25) is 15.9 Å². The van der Waals surface area contributed by atoms with Gasteiger partial charge in [-0.3, -0.25) is 9.59 Å². The molecular weight excluding hydrogens is 589 g/mol. The molecule has 2 aromatic rings. The van der Waals surface area contributed by atoms with Crippen LogP contribution in [-0.2, 0) is 14.8 Å². The Bertz CT molecular complexity index is 1260. The third-order valence-corrected chi connectivity index (χ3v) is 8.93. The van der Waals surface area contributed by atoms with E-state index in [0.717, 1.165) is 33.8 Å². The van der Waals surface area contributed by atoms with Gasteiger partial charge in [0.25, 0.3) is 5.91 Å². The summed E-state index contributed by atoms with van der Waals surface area (Å²) in [4.78, 5) is 28.0. The van der Waals surface area contributed by atoms with Gasteiger partial charge >= 0.3 is 0 Å². The lowest BCUT2D eigenvalue weighted by Crippen LogP contribution is -2.52. The smallest absolute Gasteiger partial charge is 0.253 e. The molecule has 1 saturated heterocycles. The van der Waals surface area contributed by atoms with Gasteiger partial charge in [0, 0.05) is 22.7 Å². The Morgan fingerprint density at radius 2 is 1.81 bits per heavy atom. The van der Waals surface area contributed by atoms with Crippen LogP contribution in [-0.4, -0.2) is 38.9 Å². The van der Waals surface area contributed by atoms with Crippen molar-refractivity contribution in [1.82, 2.24) is 10.0 Å². The van der Waals surface area contributed by atoms with E-state index in [0.29, 0.717) is 25.8 Å². The second kappa shape index (κ2) is 11.8. The number of amides is 2. The summed E-state index contributed by atoms with van der Waals surface area (Å²) in [5.74, 6) is -0.865. The summed E-state index contributed by atoms with van der Waals surface area (Å²) in [5, 5.41) is 2.66. The second-order valence-electron chi connectivity index (χ2n) is 9.12. The molecule has 36 heavy (non-hydrogen) atoms. The molecule has 2 amide bonds. The summed E-state index contributed by atoms with van der Waals surface area (Å²) in [6.45, 7) is 8.13. The van der Waals surface area contributed by atoms with Crippen molar-refractivity contribution in [3.05, 3.63) is 55.5 Å². The number of hydrogen-bond acceptors (Lipinski definition) is 4. The lowest BCUT2D eigenvalue weighted by molar-refractivity contribution is -0.121. The maximum atomic E-state index is 13.4. The van der Waals surface area contributed by atoms with Crippen LogP contribution in [0.3, 0.4) is 0 Å². The van der Waals surface area contributed by atoms with Crippen molar-refractivity contribution in [3.8, 4) is 0 Å². The van der Waals surface area contributed by atoms with E-state index in [1.54, 1.807) is 11.8 Å². The van der Waals surface area contributed by atoms with Gasteiger partial charge in [-0.2, -0.15) is 0 Å². The van der Waals surface area contributed by atoms with Gasteiger partial charge in [0.05, 0.1) is 15.6 Å². The van der Waals surface area contributed by atoms with E-state index in [1.165, 1.54) is 6.07 Å². The first-order valence-electron chi connectivity index (χ1n) is 11.8. The molecule has 0 spiro atoms. The second-order valence-corrected chi connectivity index (χ2v) is 12.5. The summed E-state index contributed by atoms with van der Waals surface area (Å²) in [7, 11) is -3.99. The molecule has 1 aliphatic rings. The van der Waals surface area contributed by atoms with Gasteiger partial charge in [-0.25, -0.2) is 13.1 Å². The molecule has 2 atom stereocenters. The summed E-state index contributed by atoms with van der Waals surface area (Å²) < 4.78 is 29.3. The molecule has 0 aliphatic carbocycles. The highest BCUT2D eigenvalue weighted by Gasteiger charge is 2.33. The van der Waals surface area contributed by atoms with Crippen LogP contribution in [0.15, 0.2) is 33.6 Å². The molecule has 0 bridgehead atoms. The van der Waals surface area contributed by atoms with Crippen molar-refractivity contribution in [2.75, 3.05) is 11.4 Å². The van der Waals surface area contributed by atoms with E-state index >= 15 is 0 Å². The van der Waals surface area contributed by atoms with Crippen LogP contribution in [0.25, 0.3) is 0 Å². The normalized spacial score (nSPS) is 17.2. The number of nitrogens with one attached hydrogen (secondary N) is 2. The topological polar surface area (TPSA) is 95.6 Å². The Labute approximate surface area is 231 Å². The fourth-order valence-electron chi connectivity index (χ4n) is 4.53. The van der Waals surface area contributed by atoms with Crippen molar-refractivity contribution in [1.29, 1.82) is 0 Å². The molecule has 1 fully saturated rings. The minimum Gasteiger partial charge on any atom is -0.340 e. The molecule has 7 nitrogen and oxygen atoms in total. The predicted octanol–water partition coefficient (Wildman–Crippen LogP) is 5.77. The summed E-state index contributed by atoms with van der Waals surface area (Å²) >= 11 is 16.0. The molecule has 2 N–H and O–H groups in total. The Balaban J connectivity index is 1.86. The zero-order valence-electron chi connectivity index (χ0n) is 20.6. The number of piperidine rings is 1. The number of carbonyl (C=O) groups excluding carboxylic acids is 2. The third kappa shape index (κ3) is 6.42. The third-order valence-electron chi connectivity index (χ3n) is 6.10. The molecule has 0 aromatic heterocycles.